The normalized spacial score (nSPS) is 14.9. The fraction of sp³-hybridized carbons (Fsp3) is 0.231. The number of aromatic nitrogens is 2. The van der Waals surface area contributed by atoms with Gasteiger partial charge in [-0.2, -0.15) is 4.98 Å². The van der Waals surface area contributed by atoms with Crippen molar-refractivity contribution < 1.29 is 8.42 Å². The van der Waals surface area contributed by atoms with Gasteiger partial charge in [-0.05, 0) is 25.0 Å². The van der Waals surface area contributed by atoms with Crippen molar-refractivity contribution in [3.05, 3.63) is 35.5 Å². The number of nitrogens with two attached hydrogens (primary N) is 1. The third kappa shape index (κ3) is 2.79. The Morgan fingerprint density at radius 3 is 2.71 bits per heavy atom. The molecule has 6 nitrogen and oxygen atoms in total. The smallest absolute Gasteiger partial charge is 0.222 e. The molecule has 1 aromatic carbocycles. The van der Waals surface area contributed by atoms with Crippen LogP contribution in [-0.2, 0) is 9.84 Å². The lowest BCUT2D eigenvalue weighted by Gasteiger charge is -2.12. The molecule has 3 N–H and O–H groups in total. The summed E-state index contributed by atoms with van der Waals surface area (Å²) in [4.78, 5) is 8.00. The number of hydrogen-bond donors (Lipinski definition) is 2. The maximum Gasteiger partial charge on any atom is 0.222 e. The van der Waals surface area contributed by atoms with Gasteiger partial charge in [0.1, 0.15) is 5.02 Å². The Morgan fingerprint density at radius 1 is 1.29 bits per heavy atom. The molecular formula is C13H13ClN4O2S. The Hall–Kier alpha value is -1.86. The minimum atomic E-state index is -3.32. The summed E-state index contributed by atoms with van der Waals surface area (Å²) in [6.45, 7) is 0. The van der Waals surface area contributed by atoms with Gasteiger partial charge >= 0.3 is 0 Å². The van der Waals surface area contributed by atoms with Gasteiger partial charge in [-0.3, -0.25) is 0 Å². The van der Waals surface area contributed by atoms with Crippen LogP contribution in [0.25, 0.3) is 0 Å². The highest BCUT2D eigenvalue weighted by Crippen LogP contribution is 2.37. The van der Waals surface area contributed by atoms with Crippen LogP contribution in [0.3, 0.4) is 0 Å². The van der Waals surface area contributed by atoms with E-state index in [9.17, 15) is 8.42 Å². The van der Waals surface area contributed by atoms with Gasteiger partial charge in [-0.25, -0.2) is 13.4 Å². The predicted molar refractivity (Wildman–Crippen MR) is 81.4 cm³/mol. The molecule has 0 amide bonds. The summed E-state index contributed by atoms with van der Waals surface area (Å²) >= 11 is 6.00. The number of nitrogens with zero attached hydrogens (tertiary/aromatic N) is 2. The summed E-state index contributed by atoms with van der Waals surface area (Å²) in [6.07, 6.45) is 2.78. The first kappa shape index (κ1) is 14.1. The van der Waals surface area contributed by atoms with Crippen LogP contribution in [-0.4, -0.2) is 23.6 Å². The molecule has 1 aromatic heterocycles. The summed E-state index contributed by atoms with van der Waals surface area (Å²) in [5.41, 5.74) is 5.96. The van der Waals surface area contributed by atoms with Crippen LogP contribution < -0.4 is 11.1 Å². The maximum absolute atomic E-state index is 12.4. The third-order valence-corrected chi connectivity index (χ3v) is 5.77. The van der Waals surface area contributed by atoms with Gasteiger partial charge in [0, 0.05) is 0 Å². The highest BCUT2D eigenvalue weighted by atomic mass is 35.5. The number of para-hydroxylation sites is 1. The van der Waals surface area contributed by atoms with E-state index in [0.29, 0.717) is 18.5 Å². The second kappa shape index (κ2) is 5.16. The molecule has 110 valence electrons. The van der Waals surface area contributed by atoms with Crippen LogP contribution in [0.4, 0.5) is 17.5 Å². The van der Waals surface area contributed by atoms with Crippen molar-refractivity contribution in [2.75, 3.05) is 11.1 Å². The molecule has 0 unspecified atom stereocenters. The number of hydrogen-bond acceptors (Lipinski definition) is 6. The van der Waals surface area contributed by atoms with Gasteiger partial charge in [0.25, 0.3) is 0 Å². The quantitative estimate of drug-likeness (QED) is 0.896. The van der Waals surface area contributed by atoms with E-state index in [4.69, 9.17) is 17.3 Å². The van der Waals surface area contributed by atoms with Gasteiger partial charge in [0.15, 0.2) is 15.7 Å². The van der Waals surface area contributed by atoms with Crippen LogP contribution >= 0.6 is 11.6 Å². The highest BCUT2D eigenvalue weighted by Gasteiger charge is 2.38. The first-order valence-electron chi connectivity index (χ1n) is 6.36. The minimum absolute atomic E-state index is 0.0597. The van der Waals surface area contributed by atoms with Crippen molar-refractivity contribution in [1.29, 1.82) is 0 Å². The molecule has 0 bridgehead atoms. The molecule has 0 saturated heterocycles. The third-order valence-electron chi connectivity index (χ3n) is 3.17. The van der Waals surface area contributed by atoms with Gasteiger partial charge in [-0.1, -0.05) is 23.7 Å². The van der Waals surface area contributed by atoms with E-state index in [2.05, 4.69) is 15.3 Å². The first-order valence-corrected chi connectivity index (χ1v) is 8.29. The lowest BCUT2D eigenvalue weighted by atomic mass is 10.3. The van der Waals surface area contributed by atoms with Gasteiger partial charge in [0.2, 0.25) is 5.95 Å². The zero-order valence-corrected chi connectivity index (χ0v) is 12.5. The number of benzene rings is 1. The first-order chi connectivity index (χ1) is 9.98. The summed E-state index contributed by atoms with van der Waals surface area (Å²) in [5, 5.41) is 2.91. The summed E-state index contributed by atoms with van der Waals surface area (Å²) in [6, 6.07) is 6.68. The van der Waals surface area contributed by atoms with Crippen molar-refractivity contribution in [2.45, 2.75) is 23.0 Å². The van der Waals surface area contributed by atoms with Crippen LogP contribution in [0.1, 0.15) is 12.8 Å². The number of nitrogen functional groups attached to an aromatic ring is 1. The lowest BCUT2D eigenvalue weighted by Crippen LogP contribution is -2.10. The van der Waals surface area contributed by atoms with E-state index in [-0.39, 0.29) is 26.9 Å². The molecule has 1 heterocycles. The summed E-state index contributed by atoms with van der Waals surface area (Å²) in [5.74, 6) is 0.340. The molecule has 0 atom stereocenters. The average Bonchev–Trinajstić information content (AvgIpc) is 3.28. The minimum Gasteiger partial charge on any atom is -0.368 e. The fourth-order valence-electron chi connectivity index (χ4n) is 1.97. The molecule has 0 aliphatic heterocycles. The lowest BCUT2D eigenvalue weighted by molar-refractivity contribution is 0.595. The molecule has 1 aliphatic rings. The van der Waals surface area contributed by atoms with Crippen molar-refractivity contribution >= 4 is 38.9 Å². The van der Waals surface area contributed by atoms with Crippen LogP contribution in [0.2, 0.25) is 5.02 Å². The molecule has 2 aromatic rings. The number of anilines is 3. The molecule has 0 spiro atoms. The molecule has 3 rings (SSSR count). The van der Waals surface area contributed by atoms with E-state index < -0.39 is 9.84 Å². The average molecular weight is 325 g/mol. The zero-order valence-electron chi connectivity index (χ0n) is 11.0. The van der Waals surface area contributed by atoms with Crippen LogP contribution in [0.5, 0.6) is 0 Å². The van der Waals surface area contributed by atoms with E-state index in [1.807, 2.05) is 0 Å². The van der Waals surface area contributed by atoms with E-state index in [1.54, 1.807) is 24.3 Å². The Morgan fingerprint density at radius 2 is 2.00 bits per heavy atom. The van der Waals surface area contributed by atoms with Crippen molar-refractivity contribution in [3.63, 3.8) is 0 Å². The molecular weight excluding hydrogens is 312 g/mol. The second-order valence-corrected chi connectivity index (χ2v) is 7.39. The van der Waals surface area contributed by atoms with E-state index >= 15 is 0 Å². The van der Waals surface area contributed by atoms with E-state index in [1.165, 1.54) is 6.20 Å². The molecule has 8 heteroatoms. The monoisotopic (exact) mass is 324 g/mol. The Balaban J connectivity index is 2.02. The number of nitrogens with one attached hydrogen (secondary N) is 1. The topological polar surface area (TPSA) is 98.0 Å². The molecule has 1 saturated carbocycles. The Kier molecular flexibility index (Phi) is 3.46. The van der Waals surface area contributed by atoms with Gasteiger partial charge < -0.3 is 11.1 Å². The molecule has 21 heavy (non-hydrogen) atoms. The predicted octanol–water partition coefficient (Wildman–Crippen LogP) is 2.39. The Bertz CT molecular complexity index is 791. The standard InChI is InChI=1S/C13H13ClN4O2S/c14-9-7-16-13(15)18-12(9)17-10-3-1-2-4-11(10)21(19,20)8-5-6-8/h1-4,7-8H,5-6H2,(H3,15,16,17,18). The summed E-state index contributed by atoms with van der Waals surface area (Å²) < 4.78 is 24.9. The number of halogens is 1. The second-order valence-electron chi connectivity index (χ2n) is 4.79. The maximum atomic E-state index is 12.4. The highest BCUT2D eigenvalue weighted by molar-refractivity contribution is 7.92. The molecule has 0 radical (unpaired) electrons. The fourth-order valence-corrected chi connectivity index (χ4v) is 3.92. The number of sulfone groups is 1. The van der Waals surface area contributed by atoms with E-state index in [0.717, 1.165) is 0 Å². The molecule has 1 fully saturated rings. The Labute approximate surface area is 127 Å². The van der Waals surface area contributed by atoms with Crippen molar-refractivity contribution in [3.8, 4) is 0 Å². The van der Waals surface area contributed by atoms with Crippen LogP contribution in [0, 0.1) is 0 Å². The summed E-state index contributed by atoms with van der Waals surface area (Å²) in [7, 11) is -3.32. The van der Waals surface area contributed by atoms with Gasteiger partial charge in [-0.15, -0.1) is 0 Å². The largest absolute Gasteiger partial charge is 0.368 e. The zero-order chi connectivity index (χ0) is 15.0. The SMILES string of the molecule is Nc1ncc(Cl)c(Nc2ccccc2S(=O)(=O)C2CC2)n1. The molecule has 1 aliphatic carbocycles. The van der Waals surface area contributed by atoms with Crippen molar-refractivity contribution in [2.24, 2.45) is 0 Å². The number of rotatable bonds is 4. The van der Waals surface area contributed by atoms with Crippen molar-refractivity contribution in [1.82, 2.24) is 9.97 Å². The van der Waals surface area contributed by atoms with Crippen LogP contribution in [0.15, 0.2) is 35.4 Å². The van der Waals surface area contributed by atoms with Gasteiger partial charge in [0.05, 0.1) is 22.0 Å².